The second kappa shape index (κ2) is 5.66. The van der Waals surface area contributed by atoms with Gasteiger partial charge in [-0.05, 0) is 18.5 Å². The van der Waals surface area contributed by atoms with Crippen LogP contribution in [0.3, 0.4) is 0 Å². The first-order valence-corrected chi connectivity index (χ1v) is 5.49. The zero-order chi connectivity index (χ0) is 12.1. The largest absolute Gasteiger partial charge is 0.480 e. The smallest absolute Gasteiger partial charge is 0.321 e. The maximum Gasteiger partial charge on any atom is 0.321 e. The molecule has 0 aliphatic rings. The van der Waals surface area contributed by atoms with Gasteiger partial charge < -0.3 is 5.11 Å². The van der Waals surface area contributed by atoms with Crippen LogP contribution in [0.5, 0.6) is 0 Å². The number of hydrogen-bond acceptors (Lipinski definition) is 2. The van der Waals surface area contributed by atoms with Crippen molar-refractivity contribution in [2.24, 2.45) is 5.92 Å². The Hall–Kier alpha value is -1.35. The lowest BCUT2D eigenvalue weighted by Gasteiger charge is -2.27. The maximum absolute atomic E-state index is 11.1. The highest BCUT2D eigenvalue weighted by Gasteiger charge is 2.25. The van der Waals surface area contributed by atoms with E-state index in [-0.39, 0.29) is 5.92 Å². The van der Waals surface area contributed by atoms with E-state index in [0.717, 1.165) is 5.56 Å². The van der Waals surface area contributed by atoms with Gasteiger partial charge in [-0.3, -0.25) is 9.69 Å². The molecule has 0 bridgehead atoms. The Kier molecular flexibility index (Phi) is 4.50. The molecule has 0 saturated carbocycles. The molecule has 1 aromatic carbocycles. The Morgan fingerprint density at radius 2 is 1.88 bits per heavy atom. The second-order valence-corrected chi connectivity index (χ2v) is 4.43. The standard InChI is InChI=1S/C13H19NO2/c1-10(2)12(13(15)16)14(3)9-11-7-5-4-6-8-11/h4-8,10,12H,9H2,1-3H3,(H,15,16)/t12-/m0/s1. The molecule has 1 aromatic rings. The van der Waals surface area contributed by atoms with E-state index >= 15 is 0 Å². The van der Waals surface area contributed by atoms with E-state index < -0.39 is 12.0 Å². The Morgan fingerprint density at radius 3 is 2.31 bits per heavy atom. The molecule has 0 amide bonds. The molecule has 0 aliphatic heterocycles. The first kappa shape index (κ1) is 12.7. The number of nitrogens with zero attached hydrogens (tertiary/aromatic N) is 1. The number of benzene rings is 1. The molecule has 1 atom stereocenters. The predicted molar refractivity (Wildman–Crippen MR) is 64.2 cm³/mol. The summed E-state index contributed by atoms with van der Waals surface area (Å²) >= 11 is 0. The summed E-state index contributed by atoms with van der Waals surface area (Å²) in [6.07, 6.45) is 0. The normalized spacial score (nSPS) is 13.1. The van der Waals surface area contributed by atoms with Crippen LogP contribution in [0.25, 0.3) is 0 Å². The minimum absolute atomic E-state index is 0.103. The average Bonchev–Trinajstić information content (AvgIpc) is 2.17. The molecule has 1 N–H and O–H groups in total. The van der Waals surface area contributed by atoms with Crippen LogP contribution in [0.15, 0.2) is 30.3 Å². The number of carbonyl (C=O) groups is 1. The van der Waals surface area contributed by atoms with E-state index in [2.05, 4.69) is 0 Å². The maximum atomic E-state index is 11.1. The van der Waals surface area contributed by atoms with Crippen LogP contribution in [0.4, 0.5) is 0 Å². The summed E-state index contributed by atoms with van der Waals surface area (Å²) in [4.78, 5) is 13.0. The Morgan fingerprint density at radius 1 is 1.31 bits per heavy atom. The summed E-state index contributed by atoms with van der Waals surface area (Å²) in [6.45, 7) is 4.52. The lowest BCUT2D eigenvalue weighted by atomic mass is 10.0. The van der Waals surface area contributed by atoms with Crippen molar-refractivity contribution < 1.29 is 9.90 Å². The molecular weight excluding hydrogens is 202 g/mol. The van der Waals surface area contributed by atoms with Gasteiger partial charge in [-0.1, -0.05) is 44.2 Å². The number of carboxylic acids is 1. The van der Waals surface area contributed by atoms with Crippen LogP contribution in [0.1, 0.15) is 19.4 Å². The van der Waals surface area contributed by atoms with Crippen molar-refractivity contribution in [1.29, 1.82) is 0 Å². The molecule has 3 heteroatoms. The Bertz CT molecular complexity index is 335. The molecule has 0 spiro atoms. The van der Waals surface area contributed by atoms with Crippen molar-refractivity contribution in [1.82, 2.24) is 4.90 Å². The predicted octanol–water partition coefficient (Wildman–Crippen LogP) is 2.23. The van der Waals surface area contributed by atoms with Gasteiger partial charge in [0.05, 0.1) is 0 Å². The van der Waals surface area contributed by atoms with Gasteiger partial charge in [0.25, 0.3) is 0 Å². The third-order valence-corrected chi connectivity index (χ3v) is 2.63. The van der Waals surface area contributed by atoms with Gasteiger partial charge in [0.2, 0.25) is 0 Å². The Labute approximate surface area is 96.7 Å². The summed E-state index contributed by atoms with van der Waals surface area (Å²) in [5, 5.41) is 9.15. The molecule has 0 unspecified atom stereocenters. The SMILES string of the molecule is CC(C)[C@@H](C(=O)O)N(C)Cc1ccccc1. The first-order valence-electron chi connectivity index (χ1n) is 5.49. The van der Waals surface area contributed by atoms with Gasteiger partial charge >= 0.3 is 5.97 Å². The number of carboxylic acid groups (broad SMARTS) is 1. The van der Waals surface area contributed by atoms with Crippen molar-refractivity contribution >= 4 is 5.97 Å². The summed E-state index contributed by atoms with van der Waals surface area (Å²) in [6, 6.07) is 9.48. The van der Waals surface area contributed by atoms with Crippen molar-refractivity contribution in [3.8, 4) is 0 Å². The fourth-order valence-electron chi connectivity index (χ4n) is 1.95. The fourth-order valence-corrected chi connectivity index (χ4v) is 1.95. The monoisotopic (exact) mass is 221 g/mol. The van der Waals surface area contributed by atoms with Gasteiger partial charge in [0.15, 0.2) is 0 Å². The molecule has 0 saturated heterocycles. The molecule has 16 heavy (non-hydrogen) atoms. The second-order valence-electron chi connectivity index (χ2n) is 4.43. The third-order valence-electron chi connectivity index (χ3n) is 2.63. The Balaban J connectivity index is 2.70. The number of likely N-dealkylation sites (N-methyl/N-ethyl adjacent to an activating group) is 1. The number of rotatable bonds is 5. The van der Waals surface area contributed by atoms with Gasteiger partial charge in [0, 0.05) is 6.54 Å². The minimum atomic E-state index is -0.756. The molecule has 0 fully saturated rings. The topological polar surface area (TPSA) is 40.5 Å². The molecule has 88 valence electrons. The van der Waals surface area contributed by atoms with E-state index in [1.54, 1.807) is 0 Å². The van der Waals surface area contributed by atoms with E-state index in [9.17, 15) is 4.79 Å². The van der Waals surface area contributed by atoms with Gasteiger partial charge in [-0.25, -0.2) is 0 Å². The van der Waals surface area contributed by atoms with Crippen LogP contribution in [-0.2, 0) is 11.3 Å². The summed E-state index contributed by atoms with van der Waals surface area (Å²) in [5.41, 5.74) is 1.14. The van der Waals surface area contributed by atoms with E-state index in [1.807, 2.05) is 56.1 Å². The highest BCUT2D eigenvalue weighted by atomic mass is 16.4. The number of hydrogen-bond donors (Lipinski definition) is 1. The molecule has 0 heterocycles. The van der Waals surface area contributed by atoms with Crippen molar-refractivity contribution in [3.63, 3.8) is 0 Å². The van der Waals surface area contributed by atoms with Crippen LogP contribution < -0.4 is 0 Å². The lowest BCUT2D eigenvalue weighted by Crippen LogP contribution is -2.41. The summed E-state index contributed by atoms with van der Waals surface area (Å²) in [7, 11) is 1.85. The molecule has 1 rings (SSSR count). The van der Waals surface area contributed by atoms with E-state index in [1.165, 1.54) is 0 Å². The number of aliphatic carboxylic acids is 1. The van der Waals surface area contributed by atoms with Gasteiger partial charge in [-0.2, -0.15) is 0 Å². The van der Waals surface area contributed by atoms with E-state index in [0.29, 0.717) is 6.54 Å². The van der Waals surface area contributed by atoms with E-state index in [4.69, 9.17) is 5.11 Å². The molecule has 3 nitrogen and oxygen atoms in total. The fraction of sp³-hybridized carbons (Fsp3) is 0.462. The quantitative estimate of drug-likeness (QED) is 0.829. The molecule has 0 aromatic heterocycles. The lowest BCUT2D eigenvalue weighted by molar-refractivity contribution is -0.144. The highest BCUT2D eigenvalue weighted by molar-refractivity contribution is 5.73. The van der Waals surface area contributed by atoms with Crippen molar-refractivity contribution in [2.75, 3.05) is 7.05 Å². The van der Waals surface area contributed by atoms with Crippen LogP contribution in [0.2, 0.25) is 0 Å². The molecule has 0 radical (unpaired) electrons. The zero-order valence-corrected chi connectivity index (χ0v) is 10.1. The molecule has 0 aliphatic carbocycles. The van der Waals surface area contributed by atoms with Gasteiger partial charge in [0.1, 0.15) is 6.04 Å². The summed E-state index contributed by atoms with van der Waals surface area (Å²) in [5.74, 6) is -0.653. The third kappa shape index (κ3) is 3.35. The highest BCUT2D eigenvalue weighted by Crippen LogP contribution is 2.13. The average molecular weight is 221 g/mol. The first-order chi connectivity index (χ1) is 7.52. The van der Waals surface area contributed by atoms with Gasteiger partial charge in [-0.15, -0.1) is 0 Å². The zero-order valence-electron chi connectivity index (χ0n) is 10.1. The van der Waals surface area contributed by atoms with Crippen LogP contribution in [0, 0.1) is 5.92 Å². The minimum Gasteiger partial charge on any atom is -0.480 e. The molecular formula is C13H19NO2. The van der Waals surface area contributed by atoms with Crippen LogP contribution in [-0.4, -0.2) is 29.1 Å². The van der Waals surface area contributed by atoms with Crippen LogP contribution >= 0.6 is 0 Å². The van der Waals surface area contributed by atoms with Crippen molar-refractivity contribution in [2.45, 2.75) is 26.4 Å². The van der Waals surface area contributed by atoms with Crippen molar-refractivity contribution in [3.05, 3.63) is 35.9 Å². The summed E-state index contributed by atoms with van der Waals surface area (Å²) < 4.78 is 0.